The number of nitrogens with one attached hydrogen (secondary N) is 1. The van der Waals surface area contributed by atoms with Crippen LogP contribution in [0, 0.1) is 5.92 Å². The maximum Gasteiger partial charge on any atom is 0.240 e. The van der Waals surface area contributed by atoms with E-state index >= 15 is 0 Å². The van der Waals surface area contributed by atoms with Gasteiger partial charge in [-0.2, -0.15) is 0 Å². The van der Waals surface area contributed by atoms with Gasteiger partial charge in [-0.15, -0.1) is 0 Å². The topological polar surface area (TPSA) is 72.2 Å². The molecule has 0 amide bonds. The Bertz CT molecular complexity index is 508. The number of benzene rings is 1. The first-order valence-corrected chi connectivity index (χ1v) is 8.30. The maximum absolute atomic E-state index is 12.3. The Morgan fingerprint density at radius 2 is 1.84 bits per heavy atom. The molecule has 1 aromatic carbocycles. The first-order chi connectivity index (χ1) is 8.94. The minimum atomic E-state index is -3.47. The van der Waals surface area contributed by atoms with E-state index in [0.717, 1.165) is 18.4 Å². The number of sulfonamides is 1. The number of rotatable bonds is 7. The summed E-state index contributed by atoms with van der Waals surface area (Å²) in [6.45, 7) is 6.56. The molecule has 0 fully saturated rings. The fraction of sp³-hybridized carbons (Fsp3) is 0.571. The predicted octanol–water partition coefficient (Wildman–Crippen LogP) is 2.55. The largest absolute Gasteiger partial charge is 0.399 e. The molecule has 3 N–H and O–H groups in total. The molecule has 0 aliphatic heterocycles. The summed E-state index contributed by atoms with van der Waals surface area (Å²) in [5.74, 6) is 0.376. The van der Waals surface area contributed by atoms with E-state index in [9.17, 15) is 8.42 Å². The van der Waals surface area contributed by atoms with E-state index in [1.54, 1.807) is 12.1 Å². The lowest BCUT2D eigenvalue weighted by Crippen LogP contribution is -2.29. The highest BCUT2D eigenvalue weighted by atomic mass is 32.2. The van der Waals surface area contributed by atoms with Crippen LogP contribution in [0.5, 0.6) is 0 Å². The highest BCUT2D eigenvalue weighted by molar-refractivity contribution is 7.89. The quantitative estimate of drug-likeness (QED) is 0.756. The summed E-state index contributed by atoms with van der Waals surface area (Å²) in [5, 5.41) is 0. The van der Waals surface area contributed by atoms with Gasteiger partial charge in [-0.3, -0.25) is 0 Å². The van der Waals surface area contributed by atoms with Crippen molar-refractivity contribution in [3.8, 4) is 0 Å². The molecule has 0 saturated heterocycles. The number of anilines is 1. The number of nitrogen functional groups attached to an aromatic ring is 1. The lowest BCUT2D eigenvalue weighted by molar-refractivity contribution is 0.478. The summed E-state index contributed by atoms with van der Waals surface area (Å²) in [6, 6.07) is 5.05. The maximum atomic E-state index is 12.3. The standard InChI is InChI=1S/C14H24N2O2S/c1-4-11(5-2)10-16-19(17,18)14-9-13(15)8-7-12(14)6-3/h7-9,11,16H,4-6,10,15H2,1-3H3. The van der Waals surface area contributed by atoms with Crippen molar-refractivity contribution in [2.45, 2.75) is 44.9 Å². The molecular weight excluding hydrogens is 260 g/mol. The highest BCUT2D eigenvalue weighted by Gasteiger charge is 2.19. The molecule has 0 aliphatic rings. The molecule has 0 saturated carbocycles. The molecule has 0 unspecified atom stereocenters. The van der Waals surface area contributed by atoms with Crippen LogP contribution in [-0.4, -0.2) is 15.0 Å². The van der Waals surface area contributed by atoms with Gasteiger partial charge in [0.25, 0.3) is 0 Å². The van der Waals surface area contributed by atoms with E-state index in [1.165, 1.54) is 6.07 Å². The number of hydrogen-bond acceptors (Lipinski definition) is 3. The van der Waals surface area contributed by atoms with E-state index in [0.29, 0.717) is 29.5 Å². The van der Waals surface area contributed by atoms with Gasteiger partial charge in [0, 0.05) is 12.2 Å². The van der Waals surface area contributed by atoms with Crippen molar-refractivity contribution in [1.29, 1.82) is 0 Å². The van der Waals surface area contributed by atoms with Gasteiger partial charge in [0.15, 0.2) is 0 Å². The Morgan fingerprint density at radius 3 is 2.37 bits per heavy atom. The molecule has 1 aromatic rings. The van der Waals surface area contributed by atoms with Crippen LogP contribution in [0.2, 0.25) is 0 Å². The van der Waals surface area contributed by atoms with Crippen molar-refractivity contribution in [3.05, 3.63) is 23.8 Å². The lowest BCUT2D eigenvalue weighted by Gasteiger charge is -2.15. The van der Waals surface area contributed by atoms with Crippen LogP contribution >= 0.6 is 0 Å². The zero-order valence-corrected chi connectivity index (χ0v) is 12.8. The van der Waals surface area contributed by atoms with E-state index < -0.39 is 10.0 Å². The van der Waals surface area contributed by atoms with E-state index in [1.807, 2.05) is 6.92 Å². The second kappa shape index (κ2) is 6.91. The molecule has 0 bridgehead atoms. The Kier molecular flexibility index (Phi) is 5.82. The minimum Gasteiger partial charge on any atom is -0.399 e. The third kappa shape index (κ3) is 4.21. The van der Waals surface area contributed by atoms with Crippen LogP contribution in [0.4, 0.5) is 5.69 Å². The van der Waals surface area contributed by atoms with Crippen LogP contribution in [0.1, 0.15) is 39.2 Å². The molecule has 19 heavy (non-hydrogen) atoms. The van der Waals surface area contributed by atoms with Gasteiger partial charge < -0.3 is 5.73 Å². The summed E-state index contributed by atoms with van der Waals surface area (Å²) >= 11 is 0. The first-order valence-electron chi connectivity index (χ1n) is 6.82. The third-order valence-corrected chi connectivity index (χ3v) is 4.98. The summed E-state index contributed by atoms with van der Waals surface area (Å²) in [5.41, 5.74) is 6.96. The SMILES string of the molecule is CCc1ccc(N)cc1S(=O)(=O)NCC(CC)CC. The summed E-state index contributed by atoms with van der Waals surface area (Å²) in [6.07, 6.45) is 2.61. The average Bonchev–Trinajstić information content (AvgIpc) is 2.39. The van der Waals surface area contributed by atoms with Gasteiger partial charge in [0.05, 0.1) is 4.90 Å². The smallest absolute Gasteiger partial charge is 0.240 e. The molecule has 5 heteroatoms. The first kappa shape index (κ1) is 16.0. The van der Waals surface area contributed by atoms with Crippen molar-refractivity contribution in [1.82, 2.24) is 4.72 Å². The molecule has 0 aromatic heterocycles. The monoisotopic (exact) mass is 284 g/mol. The lowest BCUT2D eigenvalue weighted by atomic mass is 10.0. The molecule has 0 heterocycles. The van der Waals surface area contributed by atoms with Crippen molar-refractivity contribution in [2.75, 3.05) is 12.3 Å². The number of hydrogen-bond donors (Lipinski definition) is 2. The molecule has 0 spiro atoms. The van der Waals surface area contributed by atoms with Crippen LogP contribution in [0.15, 0.2) is 23.1 Å². The van der Waals surface area contributed by atoms with Gasteiger partial charge in [-0.1, -0.05) is 39.7 Å². The van der Waals surface area contributed by atoms with E-state index in [2.05, 4.69) is 18.6 Å². The van der Waals surface area contributed by atoms with Gasteiger partial charge >= 0.3 is 0 Å². The van der Waals surface area contributed by atoms with Crippen LogP contribution < -0.4 is 10.5 Å². The molecule has 0 atom stereocenters. The molecule has 108 valence electrons. The Balaban J connectivity index is 2.97. The van der Waals surface area contributed by atoms with Crippen LogP contribution in [-0.2, 0) is 16.4 Å². The predicted molar refractivity (Wildman–Crippen MR) is 79.5 cm³/mol. The number of aryl methyl sites for hydroxylation is 1. The van der Waals surface area contributed by atoms with Crippen molar-refractivity contribution in [2.24, 2.45) is 5.92 Å². The van der Waals surface area contributed by atoms with Gasteiger partial charge in [-0.25, -0.2) is 13.1 Å². The van der Waals surface area contributed by atoms with Gasteiger partial charge in [0.2, 0.25) is 10.0 Å². The molecular formula is C14H24N2O2S. The van der Waals surface area contributed by atoms with E-state index in [-0.39, 0.29) is 0 Å². The third-order valence-electron chi connectivity index (χ3n) is 3.48. The average molecular weight is 284 g/mol. The second-order valence-corrected chi connectivity index (χ2v) is 6.49. The fourth-order valence-electron chi connectivity index (χ4n) is 2.00. The Morgan fingerprint density at radius 1 is 1.21 bits per heavy atom. The van der Waals surface area contributed by atoms with Crippen LogP contribution in [0.25, 0.3) is 0 Å². The van der Waals surface area contributed by atoms with Crippen molar-refractivity contribution >= 4 is 15.7 Å². The molecule has 0 aliphatic carbocycles. The summed E-state index contributed by atoms with van der Waals surface area (Å²) in [4.78, 5) is 0.306. The normalized spacial score (nSPS) is 12.0. The Hall–Kier alpha value is -1.07. The van der Waals surface area contributed by atoms with Crippen molar-refractivity contribution in [3.63, 3.8) is 0 Å². The zero-order valence-electron chi connectivity index (χ0n) is 11.9. The van der Waals surface area contributed by atoms with Gasteiger partial charge in [-0.05, 0) is 30.0 Å². The number of nitrogens with two attached hydrogens (primary N) is 1. The fourth-order valence-corrected chi connectivity index (χ4v) is 3.46. The van der Waals surface area contributed by atoms with Gasteiger partial charge in [0.1, 0.15) is 0 Å². The summed E-state index contributed by atoms with van der Waals surface area (Å²) < 4.78 is 27.4. The minimum absolute atomic E-state index is 0.306. The Labute approximate surface area is 116 Å². The molecule has 0 radical (unpaired) electrons. The van der Waals surface area contributed by atoms with Crippen molar-refractivity contribution < 1.29 is 8.42 Å². The van der Waals surface area contributed by atoms with Crippen LogP contribution in [0.3, 0.4) is 0 Å². The zero-order chi connectivity index (χ0) is 14.5. The summed E-state index contributed by atoms with van der Waals surface area (Å²) in [7, 11) is -3.47. The second-order valence-electron chi connectivity index (χ2n) is 4.76. The highest BCUT2D eigenvalue weighted by Crippen LogP contribution is 2.20. The molecule has 1 rings (SSSR count). The van der Waals surface area contributed by atoms with E-state index in [4.69, 9.17) is 5.73 Å². The molecule has 4 nitrogen and oxygen atoms in total.